The van der Waals surface area contributed by atoms with Crippen molar-refractivity contribution in [2.24, 2.45) is 0 Å². The summed E-state index contributed by atoms with van der Waals surface area (Å²) < 4.78 is 2.40. The van der Waals surface area contributed by atoms with E-state index in [1.165, 1.54) is 136 Å². The van der Waals surface area contributed by atoms with Crippen LogP contribution in [0.2, 0.25) is 0 Å². The van der Waals surface area contributed by atoms with Crippen molar-refractivity contribution in [3.8, 4) is 39.1 Å². The van der Waals surface area contributed by atoms with E-state index in [1.807, 2.05) is 0 Å². The lowest BCUT2D eigenvalue weighted by molar-refractivity contribution is 1.18. The molecular weight excluding hydrogens is 735 g/mol. The molecule has 1 heterocycles. The van der Waals surface area contributed by atoms with Crippen LogP contribution in [-0.2, 0) is 0 Å². The Morgan fingerprint density at radius 2 is 0.754 bits per heavy atom. The SMILES string of the molecule is c1ccc(-c2c3cc4c5ccccc5c5cccc(c3c(-c3ccccc3)c3c6ccc(-c7ccc8c(c7)c7ccccc7n8-c7ccccc7)c7cccc(c23)c76)c54)cc1. The maximum atomic E-state index is 2.53. The summed E-state index contributed by atoms with van der Waals surface area (Å²) >= 11 is 0. The van der Waals surface area contributed by atoms with Crippen molar-refractivity contribution in [3.05, 3.63) is 212 Å². The first kappa shape index (κ1) is 32.9. The molecule has 0 aliphatic rings. The zero-order valence-electron chi connectivity index (χ0n) is 33.2. The van der Waals surface area contributed by atoms with Crippen molar-refractivity contribution in [3.63, 3.8) is 0 Å². The van der Waals surface area contributed by atoms with Crippen molar-refractivity contribution in [2.45, 2.75) is 0 Å². The largest absolute Gasteiger partial charge is 0.309 e. The molecule has 0 aliphatic heterocycles. The van der Waals surface area contributed by atoms with E-state index in [4.69, 9.17) is 0 Å². The molecule has 0 amide bonds. The first-order valence-electron chi connectivity index (χ1n) is 21.3. The molecule has 1 aromatic heterocycles. The van der Waals surface area contributed by atoms with Crippen LogP contribution in [0.15, 0.2) is 212 Å². The molecule has 1 nitrogen and oxygen atoms in total. The van der Waals surface area contributed by atoms with Crippen LogP contribution in [0.25, 0.3) is 136 Å². The number of para-hydroxylation sites is 2. The van der Waals surface area contributed by atoms with Gasteiger partial charge in [0.05, 0.1) is 11.0 Å². The van der Waals surface area contributed by atoms with Gasteiger partial charge in [-0.05, 0) is 145 Å². The summed E-state index contributed by atoms with van der Waals surface area (Å²) in [6.07, 6.45) is 0. The summed E-state index contributed by atoms with van der Waals surface area (Å²) in [4.78, 5) is 0. The Morgan fingerprint density at radius 3 is 1.51 bits per heavy atom. The molecule has 61 heavy (non-hydrogen) atoms. The number of benzene rings is 11. The average molecular weight is 770 g/mol. The Kier molecular flexibility index (Phi) is 6.62. The summed E-state index contributed by atoms with van der Waals surface area (Å²) in [5.74, 6) is 0. The molecule has 0 unspecified atom stereocenters. The first-order valence-corrected chi connectivity index (χ1v) is 21.3. The monoisotopic (exact) mass is 769 g/mol. The number of rotatable bonds is 4. The maximum Gasteiger partial charge on any atom is 0.0541 e. The fraction of sp³-hybridized carbons (Fsp3) is 0. The normalized spacial score (nSPS) is 12.3. The van der Waals surface area contributed by atoms with Gasteiger partial charge in [-0.3, -0.25) is 0 Å². The zero-order valence-corrected chi connectivity index (χ0v) is 33.2. The molecule has 0 spiro atoms. The molecule has 0 fully saturated rings. The smallest absolute Gasteiger partial charge is 0.0541 e. The third-order valence-electron chi connectivity index (χ3n) is 13.6. The van der Waals surface area contributed by atoms with Crippen LogP contribution in [0.5, 0.6) is 0 Å². The fourth-order valence-electron chi connectivity index (χ4n) is 11.3. The summed E-state index contributed by atoms with van der Waals surface area (Å²) in [6, 6.07) is 79.1. The molecule has 0 radical (unpaired) electrons. The van der Waals surface area contributed by atoms with E-state index >= 15 is 0 Å². The molecule has 0 saturated heterocycles. The van der Waals surface area contributed by atoms with Gasteiger partial charge in [0, 0.05) is 16.5 Å². The van der Waals surface area contributed by atoms with Gasteiger partial charge in [0.2, 0.25) is 0 Å². The Morgan fingerprint density at radius 1 is 0.230 bits per heavy atom. The van der Waals surface area contributed by atoms with E-state index in [2.05, 4.69) is 217 Å². The van der Waals surface area contributed by atoms with Gasteiger partial charge in [-0.2, -0.15) is 0 Å². The van der Waals surface area contributed by atoms with Crippen molar-refractivity contribution in [1.29, 1.82) is 0 Å². The van der Waals surface area contributed by atoms with Gasteiger partial charge in [0.25, 0.3) is 0 Å². The lowest BCUT2D eigenvalue weighted by atomic mass is 9.84. The molecule has 1 heteroatoms. The van der Waals surface area contributed by atoms with Crippen LogP contribution < -0.4 is 0 Å². The van der Waals surface area contributed by atoms with Gasteiger partial charge >= 0.3 is 0 Å². The number of nitrogens with zero attached hydrogens (tertiary/aromatic N) is 1. The predicted octanol–water partition coefficient (Wildman–Crippen LogP) is 16.7. The standard InChI is InChI=1S/C60H35N/c1-4-16-36(17-5-1)54-51-35-50-42-23-11-10-22-41(42)45-26-15-27-46(57(45)50)58(51)55(37-18-6-2-7-19-37)60-48-32-31-40(44-25-14-28-47(56(44)48)59(54)60)38-30-33-53-49(34-38)43-24-12-13-29-52(43)61(53)39-20-8-3-9-21-39/h1-35H. The third-order valence-corrected chi connectivity index (χ3v) is 13.6. The van der Waals surface area contributed by atoms with Crippen LogP contribution in [0, 0.1) is 0 Å². The Bertz CT molecular complexity index is 4070. The molecule has 0 N–H and O–H groups in total. The second kappa shape index (κ2) is 12.3. The molecule has 280 valence electrons. The van der Waals surface area contributed by atoms with Gasteiger partial charge in [0.1, 0.15) is 0 Å². The second-order valence-corrected chi connectivity index (χ2v) is 16.7. The Hall–Kier alpha value is -8.00. The lowest BCUT2D eigenvalue weighted by Gasteiger charge is -2.19. The van der Waals surface area contributed by atoms with Crippen LogP contribution in [0.3, 0.4) is 0 Å². The molecule has 14 aromatic rings. The Balaban J connectivity index is 1.15. The molecule has 0 bridgehead atoms. The van der Waals surface area contributed by atoms with Crippen molar-refractivity contribution < 1.29 is 0 Å². The average Bonchev–Trinajstić information content (AvgIpc) is 3.96. The summed E-state index contributed by atoms with van der Waals surface area (Å²) in [5, 5.41) is 21.0. The maximum absolute atomic E-state index is 2.53. The summed E-state index contributed by atoms with van der Waals surface area (Å²) in [7, 11) is 0. The van der Waals surface area contributed by atoms with E-state index < -0.39 is 0 Å². The quantitative estimate of drug-likeness (QED) is 0.157. The minimum Gasteiger partial charge on any atom is -0.309 e. The number of hydrogen-bond acceptors (Lipinski definition) is 0. The van der Waals surface area contributed by atoms with Crippen molar-refractivity contribution in [2.75, 3.05) is 0 Å². The van der Waals surface area contributed by atoms with Crippen molar-refractivity contribution >= 4 is 97.2 Å². The van der Waals surface area contributed by atoms with Crippen LogP contribution >= 0.6 is 0 Å². The summed E-state index contributed by atoms with van der Waals surface area (Å²) in [5.41, 5.74) is 11.2. The first-order chi connectivity index (χ1) is 30.3. The van der Waals surface area contributed by atoms with E-state index in [0.29, 0.717) is 0 Å². The topological polar surface area (TPSA) is 4.93 Å². The summed E-state index contributed by atoms with van der Waals surface area (Å²) in [6.45, 7) is 0. The number of fused-ring (bicyclic) bond motifs is 11. The van der Waals surface area contributed by atoms with Gasteiger partial charge < -0.3 is 4.57 Å². The third kappa shape index (κ3) is 4.39. The molecule has 13 aromatic carbocycles. The van der Waals surface area contributed by atoms with Crippen LogP contribution in [0.1, 0.15) is 0 Å². The molecule has 0 aliphatic carbocycles. The van der Waals surface area contributed by atoms with E-state index in [1.54, 1.807) is 0 Å². The second-order valence-electron chi connectivity index (χ2n) is 16.7. The van der Waals surface area contributed by atoms with Gasteiger partial charge in [0.15, 0.2) is 0 Å². The highest BCUT2D eigenvalue weighted by Gasteiger charge is 2.27. The minimum absolute atomic E-state index is 1.17. The molecule has 0 saturated carbocycles. The van der Waals surface area contributed by atoms with Gasteiger partial charge in [-0.25, -0.2) is 0 Å². The van der Waals surface area contributed by atoms with Crippen molar-refractivity contribution in [1.82, 2.24) is 4.57 Å². The number of hydrogen-bond donors (Lipinski definition) is 0. The van der Waals surface area contributed by atoms with Gasteiger partial charge in [-0.15, -0.1) is 0 Å². The van der Waals surface area contributed by atoms with E-state index in [0.717, 1.165) is 0 Å². The minimum atomic E-state index is 1.17. The Labute approximate surface area is 351 Å². The molecule has 0 atom stereocenters. The fourth-order valence-corrected chi connectivity index (χ4v) is 11.3. The lowest BCUT2D eigenvalue weighted by Crippen LogP contribution is -1.92. The molecular formula is C60H35N. The predicted molar refractivity (Wildman–Crippen MR) is 262 cm³/mol. The highest BCUT2D eigenvalue weighted by molar-refractivity contribution is 6.45. The highest BCUT2D eigenvalue weighted by atomic mass is 15.0. The van der Waals surface area contributed by atoms with E-state index in [9.17, 15) is 0 Å². The number of aromatic nitrogens is 1. The van der Waals surface area contributed by atoms with Crippen LogP contribution in [-0.4, -0.2) is 4.57 Å². The highest BCUT2D eigenvalue weighted by Crippen LogP contribution is 2.55. The van der Waals surface area contributed by atoms with Gasteiger partial charge in [-0.1, -0.05) is 176 Å². The molecule has 14 rings (SSSR count). The zero-order chi connectivity index (χ0) is 39.8. The van der Waals surface area contributed by atoms with Crippen LogP contribution in [0.4, 0.5) is 0 Å². The van der Waals surface area contributed by atoms with E-state index in [-0.39, 0.29) is 0 Å².